The van der Waals surface area contributed by atoms with Crippen LogP contribution < -0.4 is 6.15 Å². The van der Waals surface area contributed by atoms with Gasteiger partial charge in [-0.1, -0.05) is 0 Å². The molecular weight excluding hydrogens is 141 g/mol. The molecule has 0 aliphatic rings. The maximum atomic E-state index is 8.47. The molecule has 6 heavy (non-hydrogen) atoms. The molecule has 0 heterocycles. The van der Waals surface area contributed by atoms with Gasteiger partial charge < -0.3 is 10.9 Å². The molecule has 0 bridgehead atoms. The van der Waals surface area contributed by atoms with Crippen LogP contribution in [0.25, 0.3) is 0 Å². The van der Waals surface area contributed by atoms with Crippen molar-refractivity contribution in [2.75, 3.05) is 0 Å². The van der Waals surface area contributed by atoms with Gasteiger partial charge in [-0.25, -0.2) is 0 Å². The van der Waals surface area contributed by atoms with Crippen molar-refractivity contribution in [1.82, 2.24) is 6.15 Å². The molecule has 0 rings (SSSR count). The second kappa shape index (κ2) is 56.9. The van der Waals surface area contributed by atoms with Crippen molar-refractivity contribution >= 4 is 10.5 Å². The molecule has 0 fully saturated rings. The summed E-state index contributed by atoms with van der Waals surface area (Å²) in [4.78, 5) is 7.14. The van der Waals surface area contributed by atoms with E-state index < -0.39 is 16.2 Å². The third kappa shape index (κ3) is 462. The average molecular weight is 148 g/mol. The zero-order chi connectivity index (χ0) is 4.71. The van der Waals surface area contributed by atoms with Gasteiger partial charge in [0.25, 0.3) is 0 Å². The summed E-state index contributed by atoms with van der Waals surface area (Å²) in [6.07, 6.45) is 0. The number of hydrogen-bond acceptors (Lipinski definition) is 4. The van der Waals surface area contributed by atoms with Gasteiger partial charge in [-0.05, 0) is 0 Å². The fourth-order valence-electron chi connectivity index (χ4n) is 0. The molecule has 0 aliphatic heterocycles. The van der Waals surface area contributed by atoms with E-state index in [9.17, 15) is 0 Å². The molecule has 0 spiro atoms. The molecule has 0 radical (unpaired) electrons. The van der Waals surface area contributed by atoms with E-state index in [1.54, 1.807) is 0 Å². The van der Waals surface area contributed by atoms with Crippen molar-refractivity contribution in [3.8, 4) is 0 Å². The van der Waals surface area contributed by atoms with Crippen molar-refractivity contribution in [1.29, 1.82) is 0 Å². The summed E-state index contributed by atoms with van der Waals surface area (Å²) in [6.45, 7) is 0. The zero-order valence-corrected chi connectivity index (χ0v) is 6.81. The van der Waals surface area contributed by atoms with E-state index in [0.29, 0.717) is 10.5 Å². The molecule has 0 amide bonds. The summed E-state index contributed by atoms with van der Waals surface area (Å²) in [5.74, 6) is 0. The fraction of sp³-hybridized carbons (Fsp3) is 0. The van der Waals surface area contributed by atoms with Crippen molar-refractivity contribution in [2.45, 2.75) is 0 Å². The fourth-order valence-corrected chi connectivity index (χ4v) is 0. The summed E-state index contributed by atoms with van der Waals surface area (Å²) in [5, 5.41) is 0. The average Bonchev–Trinajstić information content (AvgIpc) is 1.46. The molecule has 0 aliphatic carbocycles. The molecule has 0 saturated carbocycles. The minimum atomic E-state index is -1.81. The Labute approximate surface area is 45.6 Å². The van der Waals surface area contributed by atoms with Crippen molar-refractivity contribution in [2.24, 2.45) is 0 Å². The van der Waals surface area contributed by atoms with Gasteiger partial charge in [-0.15, -0.1) is 0 Å². The van der Waals surface area contributed by atoms with Gasteiger partial charge in [-0.3, -0.25) is 0 Å². The van der Waals surface area contributed by atoms with Crippen LogP contribution >= 0.6 is 0 Å². The predicted octanol–water partition coefficient (Wildman–Crippen LogP) is -1.82. The van der Waals surface area contributed by atoms with Crippen LogP contribution in [0.15, 0.2) is 0 Å². The van der Waals surface area contributed by atoms with Gasteiger partial charge in [0.05, 0.1) is 0 Å². The molecule has 4 N–H and O–H groups in total. The summed E-state index contributed by atoms with van der Waals surface area (Å²) < 4.78 is 16.9. The Morgan fingerprint density at radius 1 is 1.33 bits per heavy atom. The molecule has 0 saturated heterocycles. The van der Waals surface area contributed by atoms with Crippen LogP contribution in [0, 0.1) is 0 Å². The zero-order valence-electron chi connectivity index (χ0n) is 3.42. The quantitative estimate of drug-likeness (QED) is 0.396. The Morgan fingerprint density at radius 2 is 1.33 bits per heavy atom. The minimum absolute atomic E-state index is 0. The Hall–Kier alpha value is 0.321. The van der Waals surface area contributed by atoms with Crippen molar-refractivity contribution in [3.05, 3.63) is 0 Å². The second-order valence-electron chi connectivity index (χ2n) is 0.0745. The normalized spacial score (nSPS) is 2.83. The summed E-state index contributed by atoms with van der Waals surface area (Å²) in [5.41, 5.74) is 0. The van der Waals surface area contributed by atoms with Crippen LogP contribution in [-0.4, -0.2) is 15.3 Å². The Balaban J connectivity index is -0.0000000275. The monoisotopic (exact) mass is 148 g/mol. The van der Waals surface area contributed by atoms with Gasteiger partial charge in [0.1, 0.15) is 10.5 Å². The van der Waals surface area contributed by atoms with Crippen molar-refractivity contribution in [3.63, 3.8) is 0 Å². The summed E-state index contributed by atoms with van der Waals surface area (Å²) >= 11 is -1.81. The first-order valence-corrected chi connectivity index (χ1v) is 2.85. The van der Waals surface area contributed by atoms with Crippen LogP contribution in [0.1, 0.15) is 0 Å². The van der Waals surface area contributed by atoms with Gasteiger partial charge in [0.15, 0.2) is 0 Å². The van der Waals surface area contributed by atoms with Crippen molar-refractivity contribution < 1.29 is 28.3 Å². The second-order valence-corrected chi connectivity index (χ2v) is 0.307. The molecule has 0 unspecified atom stereocenters. The third-order valence-electron chi connectivity index (χ3n) is 0. The Morgan fingerprint density at radius 3 is 1.33 bits per heavy atom. The number of hydrogen-bond donors (Lipinski definition) is 2. The topological polar surface area (TPSA) is 89.4 Å². The summed E-state index contributed by atoms with van der Waals surface area (Å²) in [7, 11) is 0.306. The van der Waals surface area contributed by atoms with Crippen LogP contribution in [0.5, 0.6) is 0 Å². The van der Waals surface area contributed by atoms with E-state index in [4.69, 9.17) is 12.1 Å². The van der Waals surface area contributed by atoms with Gasteiger partial charge in [0.2, 0.25) is 0 Å². The van der Waals surface area contributed by atoms with Crippen LogP contribution in [0.4, 0.5) is 0 Å². The predicted molar refractivity (Wildman–Crippen MR) is 18.6 cm³/mol. The molecule has 6 heteroatoms. The van der Waals surface area contributed by atoms with Crippen LogP contribution in [0.3, 0.4) is 0 Å². The first kappa shape index (κ1) is 16.2. The molecule has 0 atom stereocenters. The number of rotatable bonds is 0. The van der Waals surface area contributed by atoms with Crippen LogP contribution in [0.2, 0.25) is 0 Å². The molecule has 39 valence electrons. The van der Waals surface area contributed by atoms with Gasteiger partial charge in [0, 0.05) is 0 Å². The third-order valence-corrected chi connectivity index (χ3v) is 0. The van der Waals surface area contributed by atoms with Crippen LogP contribution in [-0.2, 0) is 23.5 Å². The van der Waals surface area contributed by atoms with E-state index in [1.807, 2.05) is 0 Å². The Kier molecular flexibility index (Phi) is 154. The SMILES string of the molecule is N.O[SiH3].[O]=[V]=[O]. The van der Waals surface area contributed by atoms with Gasteiger partial charge in [-0.2, -0.15) is 0 Å². The van der Waals surface area contributed by atoms with E-state index in [1.165, 1.54) is 0 Å². The van der Waals surface area contributed by atoms with E-state index in [2.05, 4.69) is 0 Å². The molecule has 0 aromatic carbocycles. The standard InChI is InChI=1S/H3N.H4OSi.2O.V/c;1-2;;;/h1H3;1H,2H3;;;. The van der Waals surface area contributed by atoms with Gasteiger partial charge >= 0.3 is 23.5 Å². The molecular formula is H7NO3SiV. The molecule has 0 aromatic rings. The molecule has 4 nitrogen and oxygen atoms in total. The first-order valence-electron chi connectivity index (χ1n) is 0.812. The van der Waals surface area contributed by atoms with E-state index in [0.717, 1.165) is 0 Å². The van der Waals surface area contributed by atoms with E-state index in [-0.39, 0.29) is 6.15 Å². The maximum absolute atomic E-state index is 8.47. The Bertz CT molecular complexity index is 31.8. The van der Waals surface area contributed by atoms with E-state index >= 15 is 0 Å². The first-order chi connectivity index (χ1) is 2.41. The molecule has 0 aromatic heterocycles. The summed E-state index contributed by atoms with van der Waals surface area (Å²) in [6, 6.07) is 0.